The first-order chi connectivity index (χ1) is 6.20. The number of H-pyrrole nitrogens is 1. The number of carbonyl (C=O) groups excluding carboxylic acids is 1. The smallest absolute Gasteiger partial charge is 0.251 e. The maximum absolute atomic E-state index is 11.0. The lowest BCUT2D eigenvalue weighted by Gasteiger charge is -2.01. The molecule has 5 heteroatoms. The summed E-state index contributed by atoms with van der Waals surface area (Å²) in [6, 6.07) is 1.72. The number of nitrogens with two attached hydrogens (primary N) is 2. The largest absolute Gasteiger partial charge is 0.397 e. The highest BCUT2D eigenvalue weighted by atomic mass is 16.1. The van der Waals surface area contributed by atoms with Crippen LogP contribution in [0, 0.1) is 0 Å². The number of nitrogens with zero attached hydrogens (tertiary/aromatic N) is 1. The van der Waals surface area contributed by atoms with Crippen molar-refractivity contribution in [1.82, 2.24) is 9.97 Å². The maximum atomic E-state index is 11.0. The van der Waals surface area contributed by atoms with E-state index in [0.29, 0.717) is 22.3 Å². The molecule has 0 unspecified atom stereocenters. The van der Waals surface area contributed by atoms with Crippen molar-refractivity contribution < 1.29 is 4.79 Å². The topological polar surface area (TPSA) is 97.8 Å². The van der Waals surface area contributed by atoms with Gasteiger partial charge in [-0.3, -0.25) is 4.79 Å². The van der Waals surface area contributed by atoms with Gasteiger partial charge in [0.05, 0.1) is 17.4 Å². The molecule has 0 spiro atoms. The highest BCUT2D eigenvalue weighted by Gasteiger charge is 2.11. The number of hydrogen-bond acceptors (Lipinski definition) is 3. The molecule has 0 saturated carbocycles. The molecule has 5 N–H and O–H groups in total. The fourth-order valence-electron chi connectivity index (χ4n) is 1.30. The number of primary amides is 1. The quantitative estimate of drug-likeness (QED) is 0.580. The summed E-state index contributed by atoms with van der Waals surface area (Å²) in [5.41, 5.74) is 12.0. The van der Waals surface area contributed by atoms with Crippen LogP contribution in [0.5, 0.6) is 0 Å². The monoisotopic (exact) mass is 176 g/mol. The number of aromatic nitrogens is 2. The number of carbonyl (C=O) groups is 1. The highest BCUT2D eigenvalue weighted by molar-refractivity contribution is 6.09. The molecule has 2 rings (SSSR count). The number of aromatic amines is 1. The van der Waals surface area contributed by atoms with Crippen molar-refractivity contribution in [3.8, 4) is 0 Å². The normalized spacial score (nSPS) is 10.5. The zero-order valence-electron chi connectivity index (χ0n) is 6.74. The number of fused-ring (bicyclic) bond motifs is 1. The van der Waals surface area contributed by atoms with E-state index < -0.39 is 5.91 Å². The van der Waals surface area contributed by atoms with Gasteiger partial charge in [0, 0.05) is 11.6 Å². The van der Waals surface area contributed by atoms with E-state index in [1.54, 1.807) is 12.3 Å². The molecule has 0 aliphatic rings. The molecule has 2 heterocycles. The minimum atomic E-state index is -0.537. The molecule has 0 radical (unpaired) electrons. The Balaban J connectivity index is 2.88. The van der Waals surface area contributed by atoms with E-state index in [9.17, 15) is 4.79 Å². The number of nitrogens with one attached hydrogen (secondary N) is 1. The molecule has 0 aliphatic carbocycles. The minimum Gasteiger partial charge on any atom is -0.397 e. The van der Waals surface area contributed by atoms with Gasteiger partial charge in [-0.15, -0.1) is 0 Å². The van der Waals surface area contributed by atoms with Gasteiger partial charge in [-0.05, 0) is 6.07 Å². The van der Waals surface area contributed by atoms with E-state index in [1.165, 1.54) is 6.20 Å². The average Bonchev–Trinajstić information content (AvgIpc) is 2.50. The zero-order valence-corrected chi connectivity index (χ0v) is 6.74. The van der Waals surface area contributed by atoms with Gasteiger partial charge in [0.15, 0.2) is 0 Å². The Labute approximate surface area is 73.7 Å². The van der Waals surface area contributed by atoms with Gasteiger partial charge in [0.25, 0.3) is 5.91 Å². The van der Waals surface area contributed by atoms with Crippen LogP contribution in [0.15, 0.2) is 18.5 Å². The molecule has 2 aromatic heterocycles. The zero-order chi connectivity index (χ0) is 9.42. The molecule has 0 atom stereocenters. The van der Waals surface area contributed by atoms with Crippen molar-refractivity contribution in [2.24, 2.45) is 5.73 Å². The number of nitrogen functional groups attached to an aromatic ring is 1. The Bertz CT molecular complexity index is 474. The van der Waals surface area contributed by atoms with Gasteiger partial charge in [0.2, 0.25) is 0 Å². The molecule has 66 valence electrons. The van der Waals surface area contributed by atoms with Crippen molar-refractivity contribution in [2.45, 2.75) is 0 Å². The molecule has 0 fully saturated rings. The summed E-state index contributed by atoms with van der Waals surface area (Å²) in [7, 11) is 0. The SMILES string of the molecule is NC(=O)c1c(N)cnc2[nH]ccc12. The number of hydrogen-bond donors (Lipinski definition) is 3. The van der Waals surface area contributed by atoms with E-state index in [-0.39, 0.29) is 0 Å². The molecule has 5 nitrogen and oxygen atoms in total. The van der Waals surface area contributed by atoms with Gasteiger partial charge in [-0.1, -0.05) is 0 Å². The maximum Gasteiger partial charge on any atom is 0.251 e. The van der Waals surface area contributed by atoms with Crippen LogP contribution in [-0.2, 0) is 0 Å². The van der Waals surface area contributed by atoms with E-state index in [4.69, 9.17) is 11.5 Å². The summed E-state index contributed by atoms with van der Waals surface area (Å²) in [6.07, 6.45) is 3.10. The fraction of sp³-hybridized carbons (Fsp3) is 0. The van der Waals surface area contributed by atoms with Crippen LogP contribution in [0.1, 0.15) is 10.4 Å². The van der Waals surface area contributed by atoms with E-state index in [1.807, 2.05) is 0 Å². The molecule has 0 aliphatic heterocycles. The third kappa shape index (κ3) is 1.01. The van der Waals surface area contributed by atoms with Crippen molar-refractivity contribution in [3.05, 3.63) is 24.0 Å². The van der Waals surface area contributed by atoms with E-state index in [2.05, 4.69) is 9.97 Å². The summed E-state index contributed by atoms with van der Waals surface area (Å²) in [5.74, 6) is -0.537. The first-order valence-corrected chi connectivity index (χ1v) is 3.71. The Morgan fingerprint density at radius 1 is 1.54 bits per heavy atom. The van der Waals surface area contributed by atoms with Crippen molar-refractivity contribution in [3.63, 3.8) is 0 Å². The van der Waals surface area contributed by atoms with E-state index >= 15 is 0 Å². The third-order valence-electron chi connectivity index (χ3n) is 1.86. The molecule has 1 amide bonds. The Morgan fingerprint density at radius 2 is 2.31 bits per heavy atom. The lowest BCUT2D eigenvalue weighted by atomic mass is 10.1. The second-order valence-corrected chi connectivity index (χ2v) is 2.69. The molecular formula is C8H8N4O. The second-order valence-electron chi connectivity index (χ2n) is 2.69. The van der Waals surface area contributed by atoms with Gasteiger partial charge >= 0.3 is 0 Å². The molecule has 0 saturated heterocycles. The molecule has 13 heavy (non-hydrogen) atoms. The van der Waals surface area contributed by atoms with E-state index in [0.717, 1.165) is 0 Å². The summed E-state index contributed by atoms with van der Waals surface area (Å²) >= 11 is 0. The number of pyridine rings is 1. The molecule has 0 aromatic carbocycles. The van der Waals surface area contributed by atoms with Crippen LogP contribution >= 0.6 is 0 Å². The average molecular weight is 176 g/mol. The molecular weight excluding hydrogens is 168 g/mol. The Kier molecular flexibility index (Phi) is 1.45. The van der Waals surface area contributed by atoms with Gasteiger partial charge < -0.3 is 16.5 Å². The number of anilines is 1. The van der Waals surface area contributed by atoms with Crippen molar-refractivity contribution in [1.29, 1.82) is 0 Å². The van der Waals surface area contributed by atoms with Gasteiger partial charge in [0.1, 0.15) is 5.65 Å². The summed E-state index contributed by atoms with van der Waals surface area (Å²) in [4.78, 5) is 17.9. The van der Waals surface area contributed by atoms with Gasteiger partial charge in [-0.25, -0.2) is 4.98 Å². The van der Waals surface area contributed by atoms with Crippen LogP contribution in [0.2, 0.25) is 0 Å². The third-order valence-corrected chi connectivity index (χ3v) is 1.86. The Morgan fingerprint density at radius 3 is 3.00 bits per heavy atom. The Hall–Kier alpha value is -2.04. The van der Waals surface area contributed by atoms with Gasteiger partial charge in [-0.2, -0.15) is 0 Å². The molecule has 2 aromatic rings. The lowest BCUT2D eigenvalue weighted by Crippen LogP contribution is -2.14. The van der Waals surface area contributed by atoms with Crippen molar-refractivity contribution >= 4 is 22.6 Å². The minimum absolute atomic E-state index is 0.305. The van der Waals surface area contributed by atoms with Crippen LogP contribution in [-0.4, -0.2) is 15.9 Å². The van der Waals surface area contributed by atoms with Crippen LogP contribution in [0.3, 0.4) is 0 Å². The summed E-state index contributed by atoms with van der Waals surface area (Å²) in [5, 5.41) is 0.660. The molecule has 0 bridgehead atoms. The summed E-state index contributed by atoms with van der Waals surface area (Å²) < 4.78 is 0. The first kappa shape index (κ1) is 7.60. The highest BCUT2D eigenvalue weighted by Crippen LogP contribution is 2.20. The standard InChI is InChI=1S/C8H8N4O/c9-5-3-12-8-4(1-2-11-8)6(5)7(10)13/h1-3H,9H2,(H2,10,13)(H,11,12). The summed E-state index contributed by atoms with van der Waals surface area (Å²) in [6.45, 7) is 0. The fourth-order valence-corrected chi connectivity index (χ4v) is 1.30. The van der Waals surface area contributed by atoms with Crippen LogP contribution in [0.25, 0.3) is 11.0 Å². The van der Waals surface area contributed by atoms with Crippen LogP contribution in [0.4, 0.5) is 5.69 Å². The first-order valence-electron chi connectivity index (χ1n) is 3.71. The predicted molar refractivity (Wildman–Crippen MR) is 49.0 cm³/mol. The lowest BCUT2D eigenvalue weighted by molar-refractivity contribution is 0.100. The van der Waals surface area contributed by atoms with Crippen molar-refractivity contribution in [2.75, 3.05) is 5.73 Å². The second kappa shape index (κ2) is 2.48. The predicted octanol–water partition coefficient (Wildman–Crippen LogP) is 0.244. The number of amides is 1. The van der Waals surface area contributed by atoms with Crippen LogP contribution < -0.4 is 11.5 Å². The number of rotatable bonds is 1.